The normalized spacial score (nSPS) is 11.6. The molecule has 0 unspecified atom stereocenters. The minimum Gasteiger partial charge on any atom is -0.452 e. The van der Waals surface area contributed by atoms with Gasteiger partial charge in [0.05, 0.1) is 5.69 Å². The molecule has 0 bridgehead atoms. The van der Waals surface area contributed by atoms with Crippen LogP contribution in [0.4, 0.5) is 13.2 Å². The quantitative estimate of drug-likeness (QED) is 0.807. The van der Waals surface area contributed by atoms with Crippen molar-refractivity contribution in [2.75, 3.05) is 6.61 Å². The standard InChI is InChI=1S/C11H8F3NO2S2/c1-6-8(10(16)17-5-11(12,13)14)19-9(15-6)7-2-3-18-4-7/h2-4H,5H2,1H3. The third kappa shape index (κ3) is 3.54. The van der Waals surface area contributed by atoms with Crippen molar-refractivity contribution in [3.63, 3.8) is 0 Å². The summed E-state index contributed by atoms with van der Waals surface area (Å²) in [5.41, 5.74) is 1.21. The highest BCUT2D eigenvalue weighted by atomic mass is 32.1. The van der Waals surface area contributed by atoms with Crippen molar-refractivity contribution in [3.8, 4) is 10.6 Å². The van der Waals surface area contributed by atoms with Gasteiger partial charge in [-0.05, 0) is 18.4 Å². The highest BCUT2D eigenvalue weighted by molar-refractivity contribution is 7.17. The third-order valence-corrected chi connectivity index (χ3v) is 3.99. The van der Waals surface area contributed by atoms with E-state index in [1.807, 2.05) is 16.8 Å². The number of nitrogens with zero attached hydrogens (tertiary/aromatic N) is 1. The first-order chi connectivity index (χ1) is 8.87. The molecule has 2 aromatic heterocycles. The van der Waals surface area contributed by atoms with E-state index in [-0.39, 0.29) is 4.88 Å². The van der Waals surface area contributed by atoms with Gasteiger partial charge >= 0.3 is 12.1 Å². The Morgan fingerprint density at radius 3 is 2.79 bits per heavy atom. The van der Waals surface area contributed by atoms with Crippen molar-refractivity contribution >= 4 is 28.6 Å². The molecular formula is C11H8F3NO2S2. The number of ether oxygens (including phenoxy) is 1. The Kier molecular flexibility index (Phi) is 3.91. The first kappa shape index (κ1) is 14.0. The Morgan fingerprint density at radius 1 is 1.47 bits per heavy atom. The Hall–Kier alpha value is -1.41. The van der Waals surface area contributed by atoms with Crippen LogP contribution in [0, 0.1) is 6.92 Å². The Balaban J connectivity index is 2.15. The lowest BCUT2D eigenvalue weighted by Gasteiger charge is -2.06. The van der Waals surface area contributed by atoms with Crippen molar-refractivity contribution in [3.05, 3.63) is 27.4 Å². The summed E-state index contributed by atoms with van der Waals surface area (Å²) in [6.45, 7) is -0.0203. The summed E-state index contributed by atoms with van der Waals surface area (Å²) in [4.78, 5) is 15.8. The van der Waals surface area contributed by atoms with E-state index in [1.54, 1.807) is 6.92 Å². The molecule has 19 heavy (non-hydrogen) atoms. The molecule has 0 amide bonds. The summed E-state index contributed by atoms with van der Waals surface area (Å²) in [6.07, 6.45) is -4.52. The summed E-state index contributed by atoms with van der Waals surface area (Å²) < 4.78 is 40.1. The van der Waals surface area contributed by atoms with Crippen LogP contribution in [0.5, 0.6) is 0 Å². The fourth-order valence-electron chi connectivity index (χ4n) is 1.31. The number of carbonyl (C=O) groups is 1. The zero-order valence-corrected chi connectivity index (χ0v) is 11.3. The van der Waals surface area contributed by atoms with Crippen LogP contribution in [-0.2, 0) is 4.74 Å². The van der Waals surface area contributed by atoms with Gasteiger partial charge < -0.3 is 4.74 Å². The Bertz CT molecular complexity index is 575. The number of aromatic nitrogens is 1. The van der Waals surface area contributed by atoms with Gasteiger partial charge in [0.15, 0.2) is 6.61 Å². The van der Waals surface area contributed by atoms with Crippen molar-refractivity contribution in [1.29, 1.82) is 0 Å². The van der Waals surface area contributed by atoms with Crippen LogP contribution in [0.25, 0.3) is 10.6 Å². The molecule has 2 aromatic rings. The van der Waals surface area contributed by atoms with E-state index in [0.717, 1.165) is 16.9 Å². The van der Waals surface area contributed by atoms with E-state index >= 15 is 0 Å². The minimum absolute atomic E-state index is 0.102. The third-order valence-electron chi connectivity index (χ3n) is 2.12. The van der Waals surface area contributed by atoms with E-state index in [9.17, 15) is 18.0 Å². The zero-order valence-electron chi connectivity index (χ0n) is 9.65. The lowest BCUT2D eigenvalue weighted by Crippen LogP contribution is -2.20. The van der Waals surface area contributed by atoms with Crippen molar-refractivity contribution in [2.24, 2.45) is 0 Å². The molecule has 0 saturated heterocycles. The predicted octanol–water partition coefficient (Wildman–Crippen LogP) is 3.90. The summed E-state index contributed by atoms with van der Waals surface area (Å²) in [5.74, 6) is -0.992. The number of rotatable bonds is 3. The number of hydrogen-bond donors (Lipinski definition) is 0. The van der Waals surface area contributed by atoms with E-state index in [2.05, 4.69) is 9.72 Å². The molecule has 0 aliphatic carbocycles. The number of thiophene rings is 1. The van der Waals surface area contributed by atoms with Crippen LogP contribution < -0.4 is 0 Å². The molecule has 102 valence electrons. The second-order valence-electron chi connectivity index (χ2n) is 3.64. The van der Waals surface area contributed by atoms with E-state index in [0.29, 0.717) is 10.7 Å². The van der Waals surface area contributed by atoms with Crippen LogP contribution in [0.15, 0.2) is 16.8 Å². The smallest absolute Gasteiger partial charge is 0.422 e. The summed E-state index contributed by atoms with van der Waals surface area (Å²) >= 11 is 2.50. The second-order valence-corrected chi connectivity index (χ2v) is 5.42. The van der Waals surface area contributed by atoms with E-state index in [1.165, 1.54) is 11.3 Å². The molecule has 0 atom stereocenters. The second kappa shape index (κ2) is 5.30. The van der Waals surface area contributed by atoms with Gasteiger partial charge in [-0.2, -0.15) is 24.5 Å². The number of hydrogen-bond acceptors (Lipinski definition) is 5. The largest absolute Gasteiger partial charge is 0.452 e. The van der Waals surface area contributed by atoms with Gasteiger partial charge in [-0.1, -0.05) is 0 Å². The van der Waals surface area contributed by atoms with Gasteiger partial charge in [-0.3, -0.25) is 0 Å². The van der Waals surface area contributed by atoms with Crippen LogP contribution in [-0.4, -0.2) is 23.7 Å². The van der Waals surface area contributed by atoms with Crippen molar-refractivity contribution < 1.29 is 22.7 Å². The van der Waals surface area contributed by atoms with E-state index < -0.39 is 18.8 Å². The maximum absolute atomic E-state index is 12.0. The van der Waals surface area contributed by atoms with Crippen LogP contribution in [0.2, 0.25) is 0 Å². The Labute approximate surface area is 114 Å². The highest BCUT2D eigenvalue weighted by Gasteiger charge is 2.30. The Morgan fingerprint density at radius 2 is 2.21 bits per heavy atom. The summed E-state index contributed by atoms with van der Waals surface area (Å²) in [7, 11) is 0. The molecule has 8 heteroatoms. The topological polar surface area (TPSA) is 39.2 Å². The number of alkyl halides is 3. The van der Waals surface area contributed by atoms with Gasteiger partial charge in [-0.25, -0.2) is 9.78 Å². The zero-order chi connectivity index (χ0) is 14.0. The van der Waals surface area contributed by atoms with Crippen molar-refractivity contribution in [2.45, 2.75) is 13.1 Å². The van der Waals surface area contributed by atoms with E-state index in [4.69, 9.17) is 0 Å². The molecule has 2 rings (SSSR count). The molecule has 0 fully saturated rings. The number of halogens is 3. The number of thiazole rings is 1. The lowest BCUT2D eigenvalue weighted by molar-refractivity contribution is -0.161. The molecule has 0 saturated carbocycles. The van der Waals surface area contributed by atoms with Gasteiger partial charge in [0.25, 0.3) is 0 Å². The number of esters is 1. The van der Waals surface area contributed by atoms with Gasteiger partial charge in [0, 0.05) is 10.9 Å². The summed E-state index contributed by atoms with van der Waals surface area (Å²) in [5, 5.41) is 4.30. The average Bonchev–Trinajstić information content (AvgIpc) is 2.93. The molecule has 3 nitrogen and oxygen atoms in total. The molecule has 0 spiro atoms. The van der Waals surface area contributed by atoms with Gasteiger partial charge in [0.1, 0.15) is 9.88 Å². The molecule has 0 aliphatic heterocycles. The first-order valence-corrected chi connectivity index (χ1v) is 6.86. The molecule has 0 aromatic carbocycles. The molecule has 0 radical (unpaired) electrons. The minimum atomic E-state index is -4.52. The summed E-state index contributed by atoms with van der Waals surface area (Å²) in [6, 6.07) is 1.83. The molecule has 2 heterocycles. The SMILES string of the molecule is Cc1nc(-c2ccsc2)sc1C(=O)OCC(F)(F)F. The van der Waals surface area contributed by atoms with Gasteiger partial charge in [-0.15, -0.1) is 11.3 Å². The lowest BCUT2D eigenvalue weighted by atomic mass is 10.3. The molecule has 0 aliphatic rings. The monoisotopic (exact) mass is 307 g/mol. The first-order valence-electron chi connectivity index (χ1n) is 5.10. The highest BCUT2D eigenvalue weighted by Crippen LogP contribution is 2.30. The molecule has 0 N–H and O–H groups in total. The number of aryl methyl sites for hydroxylation is 1. The van der Waals surface area contributed by atoms with Crippen LogP contribution >= 0.6 is 22.7 Å². The predicted molar refractivity (Wildman–Crippen MR) is 66.5 cm³/mol. The van der Waals surface area contributed by atoms with Crippen LogP contribution in [0.1, 0.15) is 15.4 Å². The fourth-order valence-corrected chi connectivity index (χ4v) is 2.98. The maximum atomic E-state index is 12.0. The van der Waals surface area contributed by atoms with Crippen LogP contribution in [0.3, 0.4) is 0 Å². The van der Waals surface area contributed by atoms with Crippen molar-refractivity contribution in [1.82, 2.24) is 4.98 Å². The maximum Gasteiger partial charge on any atom is 0.422 e. The fraction of sp³-hybridized carbons (Fsp3) is 0.273. The average molecular weight is 307 g/mol. The van der Waals surface area contributed by atoms with Gasteiger partial charge in [0.2, 0.25) is 0 Å². The number of carbonyl (C=O) groups excluding carboxylic acids is 1. The molecular weight excluding hydrogens is 299 g/mol.